The van der Waals surface area contributed by atoms with Gasteiger partial charge in [0.1, 0.15) is 23.6 Å². The van der Waals surface area contributed by atoms with Crippen molar-refractivity contribution in [2.24, 2.45) is 5.41 Å². The topological polar surface area (TPSA) is 302 Å². The molecular formula is C60H74FN9O14S. The summed E-state index contributed by atoms with van der Waals surface area (Å²) in [5, 5.41) is 39.2. The predicted molar refractivity (Wildman–Crippen MR) is 309 cm³/mol. The molecule has 1 saturated carbocycles. The smallest absolute Gasteiger partial charge is 0.273 e. The standard InChI is InChI=1S/C60H74FN9O14S/c1-35-52(85-34-64-35)38-9-7-37(8-10-38)45(66-55(76)47-28-40(71)32-70(47)57(78)53(59(2,3)4)67-58(79)60(61)17-18-60)31-50(73)62-19-21-80-23-25-82-26-24-81-22-20-63-51(74)33-83-41-14-11-36-13-16-44(43(36)29-41)65-54(75)46-30-49(84-68-46)39-12-15-42(48(72)27-39)56(77)69(5)6/h7-12,14-15,27,29-30,34,40,44-45,47,53,71-72H,13,16-26,28,31-33H2,1-6H3,(H,62,73)(H,63,74)(H,65,75)(H,66,76)(H,67,79)/t40-,44-,45?,47+,53?/m1/s1. The van der Waals surface area contributed by atoms with Crippen LogP contribution < -0.4 is 31.3 Å². The van der Waals surface area contributed by atoms with Crippen LogP contribution in [0.1, 0.15) is 108 Å². The number of aromatic nitrogens is 2. The van der Waals surface area contributed by atoms with Gasteiger partial charge in [-0.3, -0.25) is 33.6 Å². The minimum Gasteiger partial charge on any atom is -0.507 e. The number of aromatic hydroxyl groups is 1. The number of thiazole rings is 1. The van der Waals surface area contributed by atoms with Crippen LogP contribution in [-0.2, 0) is 44.6 Å². The van der Waals surface area contributed by atoms with Crippen LogP contribution in [0.4, 0.5) is 4.39 Å². The molecule has 1 saturated heterocycles. The number of amides is 7. The molecule has 7 amide bonds. The highest BCUT2D eigenvalue weighted by atomic mass is 32.1. The SMILES string of the molecule is Cc1ncsc1-c1ccc(C(CC(=O)NCCOCCOCCOCCNC(=O)COc2ccc3c(c2)[C@H](NC(=O)c2cc(-c4ccc(C(=O)N(C)C)c(O)c4)on2)CC3)NC(=O)[C@@H]2C[C@@H](O)CN2C(=O)C(NC(=O)C2(F)CC2)C(C)(C)C)cc1. The van der Waals surface area contributed by atoms with Gasteiger partial charge in [-0.25, -0.2) is 9.37 Å². The number of halogens is 1. The number of aliphatic hydroxyl groups is 1. The summed E-state index contributed by atoms with van der Waals surface area (Å²) in [6.07, 6.45) is 0.218. The third-order valence-corrected chi connectivity index (χ3v) is 15.8. The van der Waals surface area contributed by atoms with Crippen LogP contribution in [0.15, 0.2) is 76.8 Å². The number of fused-ring (bicyclic) bond motifs is 1. The van der Waals surface area contributed by atoms with Gasteiger partial charge in [0.15, 0.2) is 23.7 Å². The van der Waals surface area contributed by atoms with Gasteiger partial charge in [-0.2, -0.15) is 0 Å². The van der Waals surface area contributed by atoms with Crippen molar-refractivity contribution < 1.29 is 71.6 Å². The number of carbonyl (C=O) groups excluding carboxylic acids is 7. The first-order valence-corrected chi connectivity index (χ1v) is 29.1. The molecular weight excluding hydrogens is 1120 g/mol. The van der Waals surface area contributed by atoms with E-state index in [4.69, 9.17) is 23.5 Å². The third-order valence-electron chi connectivity index (χ3n) is 14.8. The second-order valence-electron chi connectivity index (χ2n) is 22.5. The molecule has 0 bridgehead atoms. The molecule has 2 aliphatic carbocycles. The molecule has 2 aromatic heterocycles. The van der Waals surface area contributed by atoms with Crippen LogP contribution >= 0.6 is 11.3 Å². The Morgan fingerprint density at radius 1 is 0.871 bits per heavy atom. The summed E-state index contributed by atoms with van der Waals surface area (Å²) in [5.41, 5.74) is 3.77. The molecule has 23 nitrogen and oxygen atoms in total. The van der Waals surface area contributed by atoms with Gasteiger partial charge >= 0.3 is 0 Å². The molecule has 456 valence electrons. The van der Waals surface area contributed by atoms with Crippen LogP contribution in [0.5, 0.6) is 11.5 Å². The van der Waals surface area contributed by atoms with Crippen LogP contribution in [-0.4, -0.2) is 175 Å². The minimum absolute atomic E-state index is 0.0396. The van der Waals surface area contributed by atoms with Gasteiger partial charge in [-0.05, 0) is 84.5 Å². The van der Waals surface area contributed by atoms with E-state index < -0.39 is 58.9 Å². The fraction of sp³-hybridized carbons (Fsp3) is 0.483. The molecule has 5 aromatic rings. The van der Waals surface area contributed by atoms with Crippen LogP contribution in [0.3, 0.4) is 0 Å². The Kier molecular flexibility index (Phi) is 21.1. The highest BCUT2D eigenvalue weighted by Gasteiger charge is 2.53. The Bertz CT molecular complexity index is 3200. The molecule has 3 aromatic carbocycles. The molecule has 3 heterocycles. The van der Waals surface area contributed by atoms with Gasteiger partial charge in [0.25, 0.3) is 23.6 Å². The van der Waals surface area contributed by atoms with E-state index in [2.05, 4.69) is 36.7 Å². The maximum Gasteiger partial charge on any atom is 0.273 e. The van der Waals surface area contributed by atoms with E-state index in [-0.39, 0.29) is 138 Å². The second-order valence-corrected chi connectivity index (χ2v) is 23.4. The summed E-state index contributed by atoms with van der Waals surface area (Å²) < 4.78 is 42.7. The Labute approximate surface area is 495 Å². The zero-order valence-electron chi connectivity index (χ0n) is 48.5. The summed E-state index contributed by atoms with van der Waals surface area (Å²) in [4.78, 5) is 100. The molecule has 2 fully saturated rings. The fourth-order valence-electron chi connectivity index (χ4n) is 9.89. The van der Waals surface area contributed by atoms with Gasteiger partial charge in [0.2, 0.25) is 17.7 Å². The minimum atomic E-state index is -2.03. The van der Waals surface area contributed by atoms with E-state index in [1.807, 2.05) is 37.3 Å². The van der Waals surface area contributed by atoms with Gasteiger partial charge in [-0.1, -0.05) is 62.3 Å². The van der Waals surface area contributed by atoms with Gasteiger partial charge in [0.05, 0.1) is 85.9 Å². The zero-order chi connectivity index (χ0) is 61.0. The molecule has 5 atom stereocenters. The number of alkyl halides is 1. The number of likely N-dealkylation sites (tertiary alicyclic amines) is 1. The van der Waals surface area contributed by atoms with Crippen molar-refractivity contribution >= 4 is 52.7 Å². The number of aliphatic hydroxyl groups excluding tert-OH is 1. The average molecular weight is 1200 g/mol. The van der Waals surface area contributed by atoms with E-state index in [1.165, 1.54) is 39.3 Å². The number of phenolic OH excluding ortho intramolecular Hbond substituents is 1. The number of nitrogens with zero attached hydrogens (tertiary/aromatic N) is 4. The number of aryl methyl sites for hydroxylation is 2. The Morgan fingerprint density at radius 3 is 2.18 bits per heavy atom. The molecule has 0 spiro atoms. The van der Waals surface area contributed by atoms with Crippen molar-refractivity contribution in [1.82, 2.24) is 46.5 Å². The van der Waals surface area contributed by atoms with E-state index in [9.17, 15) is 48.2 Å². The number of benzene rings is 3. The average Bonchev–Trinajstić information content (AvgIpc) is 3.23. The van der Waals surface area contributed by atoms with E-state index >= 15 is 0 Å². The normalized spacial score (nSPS) is 17.5. The molecule has 2 unspecified atom stereocenters. The zero-order valence-corrected chi connectivity index (χ0v) is 49.3. The molecule has 25 heteroatoms. The molecule has 0 radical (unpaired) electrons. The number of ether oxygens (including phenoxy) is 4. The number of carbonyl (C=O) groups is 7. The first kappa shape index (κ1) is 63.2. The lowest BCUT2D eigenvalue weighted by atomic mass is 9.85. The van der Waals surface area contributed by atoms with Crippen LogP contribution in [0.2, 0.25) is 0 Å². The fourth-order valence-corrected chi connectivity index (χ4v) is 10.7. The molecule has 7 N–H and O–H groups in total. The van der Waals surface area contributed by atoms with Crippen LogP contribution in [0, 0.1) is 12.3 Å². The van der Waals surface area contributed by atoms with Crippen molar-refractivity contribution in [1.29, 1.82) is 0 Å². The van der Waals surface area contributed by atoms with Crippen LogP contribution in [0.25, 0.3) is 21.8 Å². The van der Waals surface area contributed by atoms with Crippen molar-refractivity contribution in [2.75, 3.05) is 80.0 Å². The van der Waals surface area contributed by atoms with Gasteiger partial charge in [0, 0.05) is 51.8 Å². The lowest BCUT2D eigenvalue weighted by molar-refractivity contribution is -0.145. The van der Waals surface area contributed by atoms with E-state index in [1.54, 1.807) is 58.6 Å². The number of rotatable bonds is 28. The Hall–Kier alpha value is -7.84. The highest BCUT2D eigenvalue weighted by Crippen LogP contribution is 2.41. The lowest BCUT2D eigenvalue weighted by Crippen LogP contribution is -2.59. The Balaban J connectivity index is 0.703. The van der Waals surface area contributed by atoms with Crippen molar-refractivity contribution in [3.05, 3.63) is 106 Å². The molecule has 1 aliphatic heterocycles. The number of β-amino-alcohol motifs (C(OH)–C–C–N with tert-alkyl or cyclic N) is 1. The van der Waals surface area contributed by atoms with Crippen molar-refractivity contribution in [3.8, 4) is 33.3 Å². The summed E-state index contributed by atoms with van der Waals surface area (Å²) in [7, 11) is 3.16. The Morgan fingerprint density at radius 2 is 1.54 bits per heavy atom. The van der Waals surface area contributed by atoms with Gasteiger partial charge < -0.3 is 70.1 Å². The summed E-state index contributed by atoms with van der Waals surface area (Å²) in [6.45, 7) is 8.52. The molecule has 8 rings (SSSR count). The molecule has 3 aliphatic rings. The summed E-state index contributed by atoms with van der Waals surface area (Å²) in [5.74, 6) is -3.18. The number of hydrogen-bond acceptors (Lipinski definition) is 17. The quantitative estimate of drug-likeness (QED) is 0.0339. The maximum atomic E-state index is 14.7. The van der Waals surface area contributed by atoms with Gasteiger partial charge in [-0.15, -0.1) is 11.3 Å². The second kappa shape index (κ2) is 28.4. The third kappa shape index (κ3) is 16.7. The summed E-state index contributed by atoms with van der Waals surface area (Å²) >= 11 is 1.49. The predicted octanol–water partition coefficient (Wildman–Crippen LogP) is 4.50. The van der Waals surface area contributed by atoms with E-state index in [0.29, 0.717) is 23.3 Å². The number of nitrogens with one attached hydrogen (secondary N) is 5. The molecule has 85 heavy (non-hydrogen) atoms. The monoisotopic (exact) mass is 1200 g/mol. The highest BCUT2D eigenvalue weighted by molar-refractivity contribution is 7.13. The number of hydrogen-bond donors (Lipinski definition) is 7. The number of phenols is 1. The lowest BCUT2D eigenvalue weighted by Gasteiger charge is -2.36. The van der Waals surface area contributed by atoms with E-state index in [0.717, 1.165) is 33.7 Å². The summed E-state index contributed by atoms with van der Waals surface area (Å²) in [6, 6.07) is 15.3. The van der Waals surface area contributed by atoms with Crippen molar-refractivity contribution in [3.63, 3.8) is 0 Å². The maximum absolute atomic E-state index is 14.7. The first-order chi connectivity index (χ1) is 40.6. The largest absolute Gasteiger partial charge is 0.507 e. The first-order valence-electron chi connectivity index (χ1n) is 28.2. The van der Waals surface area contributed by atoms with Crippen molar-refractivity contribution in [2.45, 2.75) is 102 Å².